The summed E-state index contributed by atoms with van der Waals surface area (Å²) >= 11 is 0. The quantitative estimate of drug-likeness (QED) is 0.788. The summed E-state index contributed by atoms with van der Waals surface area (Å²) in [6.45, 7) is 5.61. The summed E-state index contributed by atoms with van der Waals surface area (Å²) in [4.78, 5) is 1.12. The molecule has 2 aromatic rings. The van der Waals surface area contributed by atoms with Gasteiger partial charge in [0.25, 0.3) is 10.0 Å². The lowest BCUT2D eigenvalue weighted by atomic mass is 10.2. The van der Waals surface area contributed by atoms with Gasteiger partial charge < -0.3 is 0 Å². The minimum atomic E-state index is -3.66. The molecule has 0 heterocycles. The predicted octanol–water partition coefficient (Wildman–Crippen LogP) is 3.73. The second-order valence-electron chi connectivity index (χ2n) is 4.50. The van der Waals surface area contributed by atoms with Gasteiger partial charge in [0, 0.05) is 10.6 Å². The van der Waals surface area contributed by atoms with Crippen LogP contribution in [0.25, 0.3) is 0 Å². The molecular formula is C16H17NO2S2. The van der Waals surface area contributed by atoms with E-state index in [1.54, 1.807) is 30.3 Å². The van der Waals surface area contributed by atoms with Gasteiger partial charge in [0.15, 0.2) is 0 Å². The van der Waals surface area contributed by atoms with E-state index in [1.807, 2.05) is 37.3 Å². The van der Waals surface area contributed by atoms with E-state index >= 15 is 0 Å². The molecule has 0 aliphatic rings. The zero-order valence-electron chi connectivity index (χ0n) is 11.8. The number of aryl methyl sites for hydroxylation is 1. The summed E-state index contributed by atoms with van der Waals surface area (Å²) in [5.74, 6) is 0.509. The second kappa shape index (κ2) is 6.83. The van der Waals surface area contributed by atoms with Crippen molar-refractivity contribution in [3.63, 3.8) is 0 Å². The van der Waals surface area contributed by atoms with Gasteiger partial charge in [0.2, 0.25) is 0 Å². The molecule has 0 fully saturated rings. The minimum Gasteiger partial charge on any atom is -0.199 e. The Kier molecular flexibility index (Phi) is 5.09. The van der Waals surface area contributed by atoms with Crippen molar-refractivity contribution in [2.24, 2.45) is 3.77 Å². The molecule has 0 radical (unpaired) electrons. The molecule has 110 valence electrons. The maximum absolute atomic E-state index is 12.4. The van der Waals surface area contributed by atoms with E-state index in [4.69, 9.17) is 0 Å². The molecule has 1 atom stereocenters. The molecule has 0 amide bonds. The average Bonchev–Trinajstić information content (AvgIpc) is 2.48. The Morgan fingerprint density at radius 1 is 1.10 bits per heavy atom. The highest BCUT2D eigenvalue weighted by Crippen LogP contribution is 2.18. The molecule has 21 heavy (non-hydrogen) atoms. The van der Waals surface area contributed by atoms with Gasteiger partial charge in [0.05, 0.1) is 4.90 Å². The van der Waals surface area contributed by atoms with Crippen molar-refractivity contribution in [3.8, 4) is 0 Å². The lowest BCUT2D eigenvalue weighted by Gasteiger charge is -2.06. The van der Waals surface area contributed by atoms with Crippen LogP contribution in [0.1, 0.15) is 5.56 Å². The Hall–Kier alpha value is -1.72. The number of sulfonamides is 1. The Morgan fingerprint density at radius 3 is 2.29 bits per heavy atom. The number of nitrogens with zero attached hydrogens (tertiary/aromatic N) is 1. The fourth-order valence-electron chi connectivity index (χ4n) is 1.73. The molecule has 0 N–H and O–H groups in total. The van der Waals surface area contributed by atoms with Crippen LogP contribution in [0, 0.1) is 6.92 Å². The van der Waals surface area contributed by atoms with E-state index in [2.05, 4.69) is 10.3 Å². The highest BCUT2D eigenvalue weighted by atomic mass is 32.3. The van der Waals surface area contributed by atoms with E-state index in [0.717, 1.165) is 10.5 Å². The molecule has 0 saturated heterocycles. The van der Waals surface area contributed by atoms with E-state index in [-0.39, 0.29) is 4.90 Å². The maximum Gasteiger partial charge on any atom is 0.288 e. The van der Waals surface area contributed by atoms with Gasteiger partial charge in [-0.3, -0.25) is 0 Å². The minimum absolute atomic E-state index is 0.227. The average molecular weight is 319 g/mol. The monoisotopic (exact) mass is 319 g/mol. The van der Waals surface area contributed by atoms with Crippen LogP contribution < -0.4 is 0 Å². The van der Waals surface area contributed by atoms with E-state index in [9.17, 15) is 8.42 Å². The Balaban J connectivity index is 2.46. The molecular weight excluding hydrogens is 302 g/mol. The first-order valence-electron chi connectivity index (χ1n) is 6.44. The molecule has 0 aromatic heterocycles. The Morgan fingerprint density at radius 2 is 1.71 bits per heavy atom. The van der Waals surface area contributed by atoms with Crippen LogP contribution in [0.4, 0.5) is 0 Å². The summed E-state index contributed by atoms with van der Waals surface area (Å²) in [6, 6.07) is 16.2. The second-order valence-corrected chi connectivity index (χ2v) is 8.05. The van der Waals surface area contributed by atoms with Crippen molar-refractivity contribution >= 4 is 20.7 Å². The van der Waals surface area contributed by atoms with Gasteiger partial charge in [0.1, 0.15) is 0 Å². The maximum atomic E-state index is 12.4. The zero-order valence-corrected chi connectivity index (χ0v) is 13.4. The largest absolute Gasteiger partial charge is 0.288 e. The topological polar surface area (TPSA) is 46.5 Å². The molecule has 0 saturated carbocycles. The fourth-order valence-corrected chi connectivity index (χ4v) is 4.98. The van der Waals surface area contributed by atoms with Gasteiger partial charge in [-0.15, -0.1) is 10.3 Å². The number of hydrogen-bond donors (Lipinski definition) is 0. The number of hydrogen-bond acceptors (Lipinski definition) is 2. The van der Waals surface area contributed by atoms with Crippen molar-refractivity contribution in [2.45, 2.75) is 16.7 Å². The van der Waals surface area contributed by atoms with Crippen molar-refractivity contribution in [1.29, 1.82) is 0 Å². The number of rotatable bonds is 5. The van der Waals surface area contributed by atoms with Crippen LogP contribution in [-0.2, 0) is 20.7 Å². The number of benzene rings is 2. The molecule has 2 rings (SSSR count). The van der Waals surface area contributed by atoms with E-state index in [1.165, 1.54) is 0 Å². The molecule has 2 aromatic carbocycles. The van der Waals surface area contributed by atoms with Crippen LogP contribution in [0.2, 0.25) is 0 Å². The standard InChI is InChI=1S/C16H17NO2S2/c1-3-13-20(15-7-5-4-6-8-15)17-21(18,19)16-11-9-14(2)10-12-16/h3-12H,1,13H2,2H3. The van der Waals surface area contributed by atoms with Gasteiger partial charge in [-0.05, 0) is 41.9 Å². The van der Waals surface area contributed by atoms with Crippen molar-refractivity contribution in [3.05, 3.63) is 72.8 Å². The summed E-state index contributed by atoms with van der Waals surface area (Å²) in [6.07, 6.45) is 1.70. The third-order valence-electron chi connectivity index (χ3n) is 2.80. The lowest BCUT2D eigenvalue weighted by molar-refractivity contribution is 0.598. The predicted molar refractivity (Wildman–Crippen MR) is 87.9 cm³/mol. The molecule has 0 spiro atoms. The summed E-state index contributed by atoms with van der Waals surface area (Å²) in [5, 5.41) is 0. The Bertz CT molecular complexity index is 749. The van der Waals surface area contributed by atoms with Gasteiger partial charge in [-0.25, -0.2) is 0 Å². The first-order chi connectivity index (χ1) is 10.0. The van der Waals surface area contributed by atoms with E-state index < -0.39 is 20.7 Å². The first-order valence-corrected chi connectivity index (χ1v) is 9.23. The van der Waals surface area contributed by atoms with Gasteiger partial charge >= 0.3 is 0 Å². The summed E-state index contributed by atoms with van der Waals surface area (Å²) in [7, 11) is -4.40. The van der Waals surface area contributed by atoms with Gasteiger partial charge in [-0.2, -0.15) is 8.42 Å². The highest BCUT2D eigenvalue weighted by Gasteiger charge is 2.14. The van der Waals surface area contributed by atoms with Crippen LogP contribution in [0.5, 0.6) is 0 Å². The molecule has 1 unspecified atom stereocenters. The lowest BCUT2D eigenvalue weighted by Crippen LogP contribution is -2.03. The fraction of sp³-hybridized carbons (Fsp3) is 0.125. The molecule has 0 bridgehead atoms. The summed E-state index contributed by atoms with van der Waals surface area (Å²) < 4.78 is 28.9. The van der Waals surface area contributed by atoms with Crippen LogP contribution in [0.15, 0.2) is 80.8 Å². The van der Waals surface area contributed by atoms with Crippen molar-refractivity contribution < 1.29 is 8.42 Å². The highest BCUT2D eigenvalue weighted by molar-refractivity contribution is 8.00. The third-order valence-corrected chi connectivity index (χ3v) is 6.54. The zero-order chi connectivity index (χ0) is 15.3. The van der Waals surface area contributed by atoms with Crippen LogP contribution in [-0.4, -0.2) is 14.2 Å². The van der Waals surface area contributed by atoms with Gasteiger partial charge in [-0.1, -0.05) is 42.0 Å². The molecule has 0 aliphatic carbocycles. The van der Waals surface area contributed by atoms with Crippen LogP contribution in [0.3, 0.4) is 0 Å². The third kappa shape index (κ3) is 4.12. The smallest absolute Gasteiger partial charge is 0.199 e. The SMILES string of the molecule is C=CC/S(=N\S(=O)(=O)c1ccc(C)cc1)c1ccccc1. The van der Waals surface area contributed by atoms with E-state index in [0.29, 0.717) is 5.75 Å². The summed E-state index contributed by atoms with van der Waals surface area (Å²) in [5.41, 5.74) is 1.02. The van der Waals surface area contributed by atoms with Crippen molar-refractivity contribution in [2.75, 3.05) is 5.75 Å². The van der Waals surface area contributed by atoms with Crippen molar-refractivity contribution in [1.82, 2.24) is 0 Å². The molecule has 3 nitrogen and oxygen atoms in total. The van der Waals surface area contributed by atoms with Crippen LogP contribution >= 0.6 is 0 Å². The first kappa shape index (κ1) is 15.7. The molecule has 5 heteroatoms. The molecule has 0 aliphatic heterocycles. The Labute approximate surface area is 128 Å². The normalized spacial score (nSPS) is 13.0.